The van der Waals surface area contributed by atoms with Crippen molar-refractivity contribution >= 4 is 16.9 Å². The smallest absolute Gasteiger partial charge is 0.326 e. The molecule has 134 valence electrons. The highest BCUT2D eigenvalue weighted by Crippen LogP contribution is 2.24. The summed E-state index contributed by atoms with van der Waals surface area (Å²) in [7, 11) is 0. The predicted octanol–water partition coefficient (Wildman–Crippen LogP) is 2.52. The number of nitrogens with one attached hydrogen (secondary N) is 1. The average molecular weight is 351 g/mol. The number of nitrogens with zero attached hydrogens (tertiary/aromatic N) is 2. The molecule has 0 aliphatic carbocycles. The molecular formula is C20H21N3O3. The van der Waals surface area contributed by atoms with E-state index in [1.165, 1.54) is 11.1 Å². The fourth-order valence-corrected chi connectivity index (χ4v) is 3.48. The van der Waals surface area contributed by atoms with Crippen molar-refractivity contribution in [1.29, 1.82) is 0 Å². The number of carbonyl (C=O) groups is 1. The van der Waals surface area contributed by atoms with Crippen LogP contribution < -0.4 is 5.69 Å². The lowest BCUT2D eigenvalue weighted by molar-refractivity contribution is 0.0751. The van der Waals surface area contributed by atoms with Crippen LogP contribution in [0.25, 0.3) is 11.0 Å². The van der Waals surface area contributed by atoms with E-state index in [1.807, 2.05) is 30.0 Å². The van der Waals surface area contributed by atoms with Crippen LogP contribution in [-0.4, -0.2) is 33.6 Å². The van der Waals surface area contributed by atoms with Crippen LogP contribution in [0, 0.1) is 0 Å². The quantitative estimate of drug-likeness (QED) is 0.718. The highest BCUT2D eigenvalue weighted by atomic mass is 16.5. The first-order valence-electron chi connectivity index (χ1n) is 8.83. The van der Waals surface area contributed by atoms with Crippen LogP contribution in [0.4, 0.5) is 0 Å². The number of aromatic nitrogens is 2. The van der Waals surface area contributed by atoms with E-state index in [0.29, 0.717) is 43.9 Å². The van der Waals surface area contributed by atoms with Crippen molar-refractivity contribution in [2.24, 2.45) is 0 Å². The highest BCUT2D eigenvalue weighted by molar-refractivity contribution is 5.97. The van der Waals surface area contributed by atoms with Gasteiger partial charge in [-0.1, -0.05) is 24.3 Å². The minimum absolute atomic E-state index is 0.0222. The minimum Gasteiger partial charge on any atom is -0.380 e. The van der Waals surface area contributed by atoms with Crippen LogP contribution in [0.15, 0.2) is 47.3 Å². The normalized spacial score (nSPS) is 13.3. The van der Waals surface area contributed by atoms with Crippen molar-refractivity contribution in [3.63, 3.8) is 0 Å². The van der Waals surface area contributed by atoms with Gasteiger partial charge in [-0.2, -0.15) is 0 Å². The third-order valence-electron chi connectivity index (χ3n) is 4.81. The third-order valence-corrected chi connectivity index (χ3v) is 4.81. The molecule has 2 heterocycles. The highest BCUT2D eigenvalue weighted by Gasteiger charge is 2.24. The van der Waals surface area contributed by atoms with Gasteiger partial charge in [0.25, 0.3) is 5.91 Å². The van der Waals surface area contributed by atoms with Gasteiger partial charge in [0.1, 0.15) is 0 Å². The number of amides is 1. The zero-order valence-corrected chi connectivity index (χ0v) is 14.7. The number of ether oxygens (including phenoxy) is 1. The molecule has 0 bridgehead atoms. The molecule has 1 amide bonds. The Bertz CT molecular complexity index is 994. The lowest BCUT2D eigenvalue weighted by Crippen LogP contribution is -2.25. The van der Waals surface area contributed by atoms with Crippen LogP contribution in [0.2, 0.25) is 0 Å². The Morgan fingerprint density at radius 2 is 1.88 bits per heavy atom. The first-order valence-corrected chi connectivity index (χ1v) is 8.83. The second-order valence-corrected chi connectivity index (χ2v) is 6.44. The van der Waals surface area contributed by atoms with Gasteiger partial charge in [0, 0.05) is 25.3 Å². The molecule has 0 unspecified atom stereocenters. The van der Waals surface area contributed by atoms with Gasteiger partial charge in [0.2, 0.25) is 0 Å². The number of imidazole rings is 1. The van der Waals surface area contributed by atoms with Crippen molar-refractivity contribution < 1.29 is 9.53 Å². The molecule has 1 aromatic heterocycles. The summed E-state index contributed by atoms with van der Waals surface area (Å²) < 4.78 is 6.98. The Morgan fingerprint density at radius 1 is 1.15 bits per heavy atom. The summed E-state index contributed by atoms with van der Waals surface area (Å²) in [5, 5.41) is 0. The fourth-order valence-electron chi connectivity index (χ4n) is 3.48. The van der Waals surface area contributed by atoms with Gasteiger partial charge in [0.15, 0.2) is 0 Å². The molecule has 2 aromatic carbocycles. The zero-order valence-electron chi connectivity index (χ0n) is 14.7. The summed E-state index contributed by atoms with van der Waals surface area (Å²) in [6.07, 6.45) is 0. The number of benzene rings is 2. The van der Waals surface area contributed by atoms with Crippen LogP contribution in [-0.2, 0) is 24.4 Å². The molecule has 26 heavy (non-hydrogen) atoms. The first-order chi connectivity index (χ1) is 12.7. The number of hydrogen-bond donors (Lipinski definition) is 1. The first kappa shape index (κ1) is 16.6. The summed E-state index contributed by atoms with van der Waals surface area (Å²) in [6, 6.07) is 13.5. The number of fused-ring (bicyclic) bond motifs is 2. The molecule has 0 atom stereocenters. The van der Waals surface area contributed by atoms with Crippen LogP contribution in [0.1, 0.15) is 28.4 Å². The van der Waals surface area contributed by atoms with Gasteiger partial charge in [-0.3, -0.25) is 9.36 Å². The van der Waals surface area contributed by atoms with E-state index >= 15 is 0 Å². The van der Waals surface area contributed by atoms with Crippen molar-refractivity contribution in [3.05, 3.63) is 69.6 Å². The molecule has 1 aliphatic rings. The fraction of sp³-hybridized carbons (Fsp3) is 0.300. The van der Waals surface area contributed by atoms with Gasteiger partial charge >= 0.3 is 5.69 Å². The van der Waals surface area contributed by atoms with Gasteiger partial charge in [-0.25, -0.2) is 4.79 Å². The Labute approximate surface area is 151 Å². The molecule has 0 radical (unpaired) electrons. The van der Waals surface area contributed by atoms with E-state index in [0.717, 1.165) is 5.52 Å². The minimum atomic E-state index is -0.183. The zero-order chi connectivity index (χ0) is 18.1. The number of rotatable bonds is 5. The second-order valence-electron chi connectivity index (χ2n) is 6.44. The Kier molecular flexibility index (Phi) is 4.34. The summed E-state index contributed by atoms with van der Waals surface area (Å²) in [5.74, 6) is -0.0222. The molecule has 0 saturated carbocycles. The Morgan fingerprint density at radius 3 is 2.58 bits per heavy atom. The summed E-state index contributed by atoms with van der Waals surface area (Å²) in [4.78, 5) is 29.7. The van der Waals surface area contributed by atoms with Crippen molar-refractivity contribution in [3.8, 4) is 0 Å². The van der Waals surface area contributed by atoms with Gasteiger partial charge in [-0.05, 0) is 36.2 Å². The monoisotopic (exact) mass is 351 g/mol. The van der Waals surface area contributed by atoms with Gasteiger partial charge in [-0.15, -0.1) is 0 Å². The largest absolute Gasteiger partial charge is 0.380 e. The average Bonchev–Trinajstić information content (AvgIpc) is 3.21. The summed E-state index contributed by atoms with van der Waals surface area (Å²) in [6.45, 7) is 4.76. The van der Waals surface area contributed by atoms with Crippen LogP contribution in [0.5, 0.6) is 0 Å². The topological polar surface area (TPSA) is 67.3 Å². The van der Waals surface area contributed by atoms with Gasteiger partial charge in [0.05, 0.1) is 24.2 Å². The maximum absolute atomic E-state index is 12.9. The second kappa shape index (κ2) is 6.80. The molecule has 0 fully saturated rings. The molecular weight excluding hydrogens is 330 g/mol. The van der Waals surface area contributed by atoms with E-state index in [2.05, 4.69) is 17.1 Å². The van der Waals surface area contributed by atoms with Crippen molar-refractivity contribution in [2.75, 3.05) is 13.2 Å². The van der Waals surface area contributed by atoms with Gasteiger partial charge < -0.3 is 14.6 Å². The molecule has 4 rings (SSSR count). The maximum atomic E-state index is 12.9. The maximum Gasteiger partial charge on any atom is 0.326 e. The molecule has 6 nitrogen and oxygen atoms in total. The molecule has 6 heteroatoms. The molecule has 0 spiro atoms. The third kappa shape index (κ3) is 2.93. The van der Waals surface area contributed by atoms with E-state index in [9.17, 15) is 9.59 Å². The van der Waals surface area contributed by atoms with Crippen molar-refractivity contribution in [1.82, 2.24) is 14.5 Å². The van der Waals surface area contributed by atoms with E-state index in [-0.39, 0.29) is 11.6 Å². The summed E-state index contributed by atoms with van der Waals surface area (Å²) >= 11 is 0. The Hall–Kier alpha value is -2.86. The summed E-state index contributed by atoms with van der Waals surface area (Å²) in [5.41, 5.74) is 4.25. The lowest BCUT2D eigenvalue weighted by Gasteiger charge is -2.15. The SMILES string of the molecule is CCOCCn1c(=O)[nH]c2cc(C(=O)N3Cc4ccccc4C3)ccc21. The standard InChI is InChI=1S/C20H21N3O3/c1-2-26-10-9-23-18-8-7-14(11-17(18)21-20(23)25)19(24)22-12-15-5-3-4-6-16(15)13-22/h3-8,11H,2,9-10,12-13H2,1H3,(H,21,25). The lowest BCUT2D eigenvalue weighted by atomic mass is 10.1. The number of hydrogen-bond acceptors (Lipinski definition) is 3. The van der Waals surface area contributed by atoms with E-state index < -0.39 is 0 Å². The van der Waals surface area contributed by atoms with Crippen LogP contribution in [0.3, 0.4) is 0 Å². The number of carbonyl (C=O) groups excluding carboxylic acids is 1. The Balaban J connectivity index is 1.58. The van der Waals surface area contributed by atoms with Crippen LogP contribution >= 0.6 is 0 Å². The molecule has 3 aromatic rings. The number of H-pyrrole nitrogens is 1. The number of aromatic amines is 1. The van der Waals surface area contributed by atoms with E-state index in [4.69, 9.17) is 4.74 Å². The molecule has 1 N–H and O–H groups in total. The van der Waals surface area contributed by atoms with E-state index in [1.54, 1.807) is 16.7 Å². The molecule has 0 saturated heterocycles. The molecule has 1 aliphatic heterocycles. The van der Waals surface area contributed by atoms with Crippen molar-refractivity contribution in [2.45, 2.75) is 26.6 Å². The predicted molar refractivity (Wildman–Crippen MR) is 99.1 cm³/mol.